The molecule has 3 rings (SSSR count). The highest BCUT2D eigenvalue weighted by Gasteiger charge is 2.47. The van der Waals surface area contributed by atoms with Crippen molar-refractivity contribution in [1.29, 1.82) is 0 Å². The molecule has 0 fully saturated rings. The van der Waals surface area contributed by atoms with Crippen LogP contribution in [0.1, 0.15) is 22.6 Å². The van der Waals surface area contributed by atoms with Crippen LogP contribution in [-0.2, 0) is 6.42 Å². The topological polar surface area (TPSA) is 97.6 Å². The van der Waals surface area contributed by atoms with Crippen molar-refractivity contribution in [2.75, 3.05) is 41.7 Å². The number of aliphatic hydroxyl groups is 3. The van der Waals surface area contributed by atoms with Gasteiger partial charge in [-0.3, -0.25) is 0 Å². The molecule has 7 heteroatoms. The summed E-state index contributed by atoms with van der Waals surface area (Å²) in [7, 11) is 6.23. The van der Waals surface area contributed by atoms with Crippen LogP contribution >= 0.6 is 0 Å². The van der Waals surface area contributed by atoms with E-state index >= 15 is 0 Å². The molecule has 158 valence electrons. The van der Waals surface area contributed by atoms with Crippen LogP contribution in [-0.4, -0.2) is 62.6 Å². The molecule has 3 atom stereocenters. The maximum absolute atomic E-state index is 11.2. The third-order valence-electron chi connectivity index (χ3n) is 5.81. The van der Waals surface area contributed by atoms with Crippen LogP contribution in [0.4, 0.5) is 0 Å². The van der Waals surface area contributed by atoms with E-state index in [0.717, 1.165) is 16.7 Å². The standard InChI is InChI=1S/C22H28O7/c1-26-17-6-5-13(7-18(17)27-2)21-15-9-20(29-4)19(28-3)8-14(15)10-22(25,12-24)16(21)11-23/h5-9,16,21,23-25H,10-12H2,1-4H3/t16-,21+,22-/m1/s1. The highest BCUT2D eigenvalue weighted by molar-refractivity contribution is 5.55. The number of hydrogen-bond donors (Lipinski definition) is 3. The van der Waals surface area contributed by atoms with Crippen LogP contribution in [0.2, 0.25) is 0 Å². The Morgan fingerprint density at radius 1 is 0.862 bits per heavy atom. The molecule has 0 heterocycles. The molecule has 29 heavy (non-hydrogen) atoms. The molecule has 0 spiro atoms. The van der Waals surface area contributed by atoms with Gasteiger partial charge in [0.2, 0.25) is 0 Å². The summed E-state index contributed by atoms with van der Waals surface area (Å²) in [6, 6.07) is 9.18. The molecular formula is C22H28O7. The van der Waals surface area contributed by atoms with E-state index < -0.39 is 24.0 Å². The molecule has 3 N–H and O–H groups in total. The lowest BCUT2D eigenvalue weighted by molar-refractivity contribution is -0.0875. The van der Waals surface area contributed by atoms with Gasteiger partial charge < -0.3 is 34.3 Å². The molecule has 0 saturated heterocycles. The van der Waals surface area contributed by atoms with Gasteiger partial charge in [-0.1, -0.05) is 6.07 Å². The normalized spacial score (nSPS) is 23.3. The fraction of sp³-hybridized carbons (Fsp3) is 0.455. The second-order valence-corrected chi connectivity index (χ2v) is 7.23. The monoisotopic (exact) mass is 404 g/mol. The Kier molecular flexibility index (Phi) is 6.21. The third-order valence-corrected chi connectivity index (χ3v) is 5.81. The van der Waals surface area contributed by atoms with Gasteiger partial charge in [0, 0.05) is 24.9 Å². The number of methoxy groups -OCH3 is 4. The first-order valence-electron chi connectivity index (χ1n) is 9.37. The summed E-state index contributed by atoms with van der Waals surface area (Å²) in [5, 5.41) is 31.4. The zero-order chi connectivity index (χ0) is 21.2. The Morgan fingerprint density at radius 2 is 1.45 bits per heavy atom. The number of hydrogen-bond acceptors (Lipinski definition) is 7. The molecule has 0 aromatic heterocycles. The predicted molar refractivity (Wildman–Crippen MR) is 107 cm³/mol. The molecule has 0 radical (unpaired) electrons. The SMILES string of the molecule is COc1ccc([C@H]2c3cc(OC)c(OC)cc3C[C@@](O)(CO)[C@@H]2CO)cc1OC. The molecule has 0 unspecified atom stereocenters. The molecule has 0 amide bonds. The van der Waals surface area contributed by atoms with Gasteiger partial charge in [0.1, 0.15) is 0 Å². The maximum atomic E-state index is 11.2. The Bertz CT molecular complexity index is 866. The lowest BCUT2D eigenvalue weighted by atomic mass is 9.64. The number of rotatable bonds is 7. The Morgan fingerprint density at radius 3 is 2.00 bits per heavy atom. The van der Waals surface area contributed by atoms with Crippen LogP contribution in [0, 0.1) is 5.92 Å². The minimum absolute atomic E-state index is 0.189. The van der Waals surface area contributed by atoms with Crippen LogP contribution in [0.25, 0.3) is 0 Å². The molecule has 0 aliphatic heterocycles. The number of aliphatic hydroxyl groups excluding tert-OH is 2. The zero-order valence-electron chi connectivity index (χ0n) is 17.1. The predicted octanol–water partition coefficient (Wildman–Crippen LogP) is 1.74. The fourth-order valence-electron chi connectivity index (χ4n) is 4.27. The van der Waals surface area contributed by atoms with E-state index in [0.29, 0.717) is 23.0 Å². The van der Waals surface area contributed by atoms with E-state index in [2.05, 4.69) is 0 Å². The van der Waals surface area contributed by atoms with Crippen molar-refractivity contribution >= 4 is 0 Å². The Hall–Kier alpha value is -2.48. The first-order valence-corrected chi connectivity index (χ1v) is 9.37. The van der Waals surface area contributed by atoms with Gasteiger partial charge in [0.05, 0.1) is 40.6 Å². The van der Waals surface area contributed by atoms with Crippen molar-refractivity contribution < 1.29 is 34.3 Å². The molecule has 1 aliphatic rings. The van der Waals surface area contributed by atoms with E-state index in [4.69, 9.17) is 18.9 Å². The summed E-state index contributed by atoms with van der Waals surface area (Å²) < 4.78 is 21.7. The van der Waals surface area contributed by atoms with Crippen LogP contribution < -0.4 is 18.9 Å². The number of fused-ring (bicyclic) bond motifs is 1. The van der Waals surface area contributed by atoms with Gasteiger partial charge >= 0.3 is 0 Å². The average Bonchev–Trinajstić information content (AvgIpc) is 2.76. The minimum Gasteiger partial charge on any atom is -0.493 e. The van der Waals surface area contributed by atoms with Gasteiger partial charge in [0.25, 0.3) is 0 Å². The zero-order valence-corrected chi connectivity index (χ0v) is 17.1. The van der Waals surface area contributed by atoms with Crippen LogP contribution in [0.15, 0.2) is 30.3 Å². The largest absolute Gasteiger partial charge is 0.493 e. The molecule has 0 saturated carbocycles. The Labute approximate surface area is 170 Å². The molecule has 7 nitrogen and oxygen atoms in total. The van der Waals surface area contributed by atoms with Crippen molar-refractivity contribution in [1.82, 2.24) is 0 Å². The second kappa shape index (κ2) is 8.49. The quantitative estimate of drug-likeness (QED) is 0.647. The lowest BCUT2D eigenvalue weighted by Crippen LogP contribution is -2.51. The molecule has 0 bridgehead atoms. The Balaban J connectivity index is 2.25. The summed E-state index contributed by atoms with van der Waals surface area (Å²) in [5.74, 6) is 1.19. The number of benzene rings is 2. The van der Waals surface area contributed by atoms with E-state index in [1.54, 1.807) is 34.5 Å². The highest BCUT2D eigenvalue weighted by atomic mass is 16.5. The van der Waals surface area contributed by atoms with E-state index in [1.165, 1.54) is 0 Å². The summed E-state index contributed by atoms with van der Waals surface area (Å²) in [4.78, 5) is 0. The summed E-state index contributed by atoms with van der Waals surface area (Å²) in [5.41, 5.74) is 1.05. The van der Waals surface area contributed by atoms with Gasteiger partial charge in [-0.05, 0) is 41.0 Å². The molecule has 2 aromatic carbocycles. The van der Waals surface area contributed by atoms with Crippen molar-refractivity contribution in [2.45, 2.75) is 17.9 Å². The molecule has 2 aromatic rings. The summed E-state index contributed by atoms with van der Waals surface area (Å²) in [6.45, 7) is -0.778. The second-order valence-electron chi connectivity index (χ2n) is 7.23. The summed E-state index contributed by atoms with van der Waals surface area (Å²) in [6.07, 6.45) is 0.189. The summed E-state index contributed by atoms with van der Waals surface area (Å²) >= 11 is 0. The minimum atomic E-state index is -1.49. The van der Waals surface area contributed by atoms with Gasteiger partial charge in [-0.2, -0.15) is 0 Å². The van der Waals surface area contributed by atoms with Crippen molar-refractivity contribution in [2.24, 2.45) is 5.92 Å². The first-order chi connectivity index (χ1) is 14.0. The lowest BCUT2D eigenvalue weighted by Gasteiger charge is -2.44. The molecule has 1 aliphatic carbocycles. The van der Waals surface area contributed by atoms with E-state index in [1.807, 2.05) is 24.3 Å². The fourth-order valence-corrected chi connectivity index (χ4v) is 4.27. The van der Waals surface area contributed by atoms with Gasteiger partial charge in [-0.15, -0.1) is 0 Å². The van der Waals surface area contributed by atoms with E-state index in [-0.39, 0.29) is 13.0 Å². The van der Waals surface area contributed by atoms with Crippen molar-refractivity contribution in [3.63, 3.8) is 0 Å². The smallest absolute Gasteiger partial charge is 0.161 e. The molecular weight excluding hydrogens is 376 g/mol. The third kappa shape index (κ3) is 3.61. The van der Waals surface area contributed by atoms with Crippen LogP contribution in [0.3, 0.4) is 0 Å². The van der Waals surface area contributed by atoms with Gasteiger partial charge in [-0.25, -0.2) is 0 Å². The average molecular weight is 404 g/mol. The number of ether oxygens (including phenoxy) is 4. The first kappa shape index (κ1) is 21.2. The van der Waals surface area contributed by atoms with Gasteiger partial charge in [0.15, 0.2) is 23.0 Å². The van der Waals surface area contributed by atoms with Crippen molar-refractivity contribution in [3.8, 4) is 23.0 Å². The van der Waals surface area contributed by atoms with Crippen molar-refractivity contribution in [3.05, 3.63) is 47.0 Å². The highest BCUT2D eigenvalue weighted by Crippen LogP contribution is 2.49. The van der Waals surface area contributed by atoms with E-state index in [9.17, 15) is 15.3 Å². The maximum Gasteiger partial charge on any atom is 0.161 e. The van der Waals surface area contributed by atoms with Crippen LogP contribution in [0.5, 0.6) is 23.0 Å².